The second-order valence-electron chi connectivity index (χ2n) is 5.02. The van der Waals surface area contributed by atoms with Crippen LogP contribution in [0.2, 0.25) is 0 Å². The molecule has 1 aromatic rings. The van der Waals surface area contributed by atoms with Gasteiger partial charge in [0.25, 0.3) is 0 Å². The molecule has 0 saturated heterocycles. The summed E-state index contributed by atoms with van der Waals surface area (Å²) >= 11 is 0. The molecule has 22 heavy (non-hydrogen) atoms. The van der Waals surface area contributed by atoms with Crippen LogP contribution in [-0.2, 0) is 4.74 Å². The highest BCUT2D eigenvalue weighted by molar-refractivity contribution is 5.66. The van der Waals surface area contributed by atoms with Crippen molar-refractivity contribution in [3.63, 3.8) is 0 Å². The summed E-state index contributed by atoms with van der Waals surface area (Å²) < 4.78 is 9.89. The van der Waals surface area contributed by atoms with Crippen LogP contribution in [0.25, 0.3) is 0 Å². The molecule has 0 spiro atoms. The van der Waals surface area contributed by atoms with E-state index in [9.17, 15) is 4.79 Å². The summed E-state index contributed by atoms with van der Waals surface area (Å²) in [6.45, 7) is 7.63. The normalized spacial score (nSPS) is 11.2. The molecule has 1 atom stereocenters. The zero-order valence-electron chi connectivity index (χ0n) is 14.7. The predicted octanol–water partition coefficient (Wildman–Crippen LogP) is 3.46. The van der Waals surface area contributed by atoms with Gasteiger partial charge in [0.2, 0.25) is 0 Å². The van der Waals surface area contributed by atoms with E-state index < -0.39 is 6.09 Å². The number of alkyl carbamates (subject to hydrolysis) is 1. The topological polar surface area (TPSA) is 50.8 Å². The van der Waals surface area contributed by atoms with Gasteiger partial charge in [-0.15, -0.1) is 0 Å². The molecule has 0 bridgehead atoms. The van der Waals surface area contributed by atoms with Crippen LogP contribution in [0.1, 0.15) is 38.8 Å². The molecule has 0 fully saturated rings. The van der Waals surface area contributed by atoms with Crippen molar-refractivity contribution in [1.29, 1.82) is 0 Å². The summed E-state index contributed by atoms with van der Waals surface area (Å²) in [5.74, 6) is 0.878. The minimum absolute atomic E-state index is 0.204. The Bertz CT molecular complexity index is 424. The van der Waals surface area contributed by atoms with Crippen molar-refractivity contribution < 1.29 is 14.3 Å². The van der Waals surface area contributed by atoms with Gasteiger partial charge in [-0.2, -0.15) is 0 Å². The van der Waals surface area contributed by atoms with Crippen LogP contribution in [0.15, 0.2) is 24.3 Å². The second kappa shape index (κ2) is 11.9. The van der Waals surface area contributed by atoms with E-state index >= 15 is 0 Å². The molecule has 5 nitrogen and oxygen atoms in total. The van der Waals surface area contributed by atoms with Gasteiger partial charge in [-0.05, 0) is 20.0 Å². The Hall–Kier alpha value is -1.75. The molecule has 0 saturated carbocycles. The quantitative estimate of drug-likeness (QED) is 0.874. The second-order valence-corrected chi connectivity index (χ2v) is 5.02. The summed E-state index contributed by atoms with van der Waals surface area (Å²) in [5.41, 5.74) is 1.13. The van der Waals surface area contributed by atoms with Gasteiger partial charge in [-0.1, -0.05) is 38.5 Å². The van der Waals surface area contributed by atoms with E-state index in [2.05, 4.69) is 35.7 Å². The van der Waals surface area contributed by atoms with Crippen molar-refractivity contribution in [3.05, 3.63) is 29.8 Å². The maximum Gasteiger partial charge on any atom is 0.406 e. The van der Waals surface area contributed by atoms with Gasteiger partial charge < -0.3 is 14.8 Å². The number of carbonyl (C=O) groups is 1. The number of hydrogen-bond acceptors (Lipinski definition) is 4. The number of nitrogens with one attached hydrogen (secondary N) is 1. The fourth-order valence-corrected chi connectivity index (χ4v) is 1.85. The number of carbonyl (C=O) groups excluding carboxylic acids is 1. The van der Waals surface area contributed by atoms with E-state index in [0.29, 0.717) is 6.54 Å². The molecule has 0 aliphatic carbocycles. The molecule has 0 aliphatic rings. The van der Waals surface area contributed by atoms with E-state index in [-0.39, 0.29) is 6.04 Å². The summed E-state index contributed by atoms with van der Waals surface area (Å²) in [5, 5.41) is 2.66. The molecule has 5 heteroatoms. The minimum atomic E-state index is -0.404. The summed E-state index contributed by atoms with van der Waals surface area (Å²) in [6.07, 6.45) is 0.846. The lowest BCUT2D eigenvalue weighted by Crippen LogP contribution is -2.34. The number of nitrogens with zero attached hydrogens (tertiary/aromatic N) is 1. The van der Waals surface area contributed by atoms with Crippen molar-refractivity contribution in [2.45, 2.75) is 33.2 Å². The highest BCUT2D eigenvalue weighted by Crippen LogP contribution is 2.27. The molecule has 1 N–H and O–H groups in total. The lowest BCUT2D eigenvalue weighted by molar-refractivity contribution is 0.168. The van der Waals surface area contributed by atoms with Gasteiger partial charge >= 0.3 is 6.09 Å². The zero-order chi connectivity index (χ0) is 17.0. The molecule has 0 heterocycles. The Kier molecular flexibility index (Phi) is 10.9. The van der Waals surface area contributed by atoms with E-state index in [1.54, 1.807) is 7.11 Å². The van der Waals surface area contributed by atoms with Gasteiger partial charge in [0.15, 0.2) is 0 Å². The SMILES string of the molecule is CCC.COC(=O)NCCN(C)[C@@H](C)c1ccccc1OC. The van der Waals surface area contributed by atoms with Gasteiger partial charge in [-0.3, -0.25) is 4.90 Å². The average Bonchev–Trinajstić information content (AvgIpc) is 2.54. The number of likely N-dealkylation sites (N-methyl/N-ethyl adjacent to an activating group) is 1. The third kappa shape index (κ3) is 7.31. The van der Waals surface area contributed by atoms with Crippen molar-refractivity contribution in [3.8, 4) is 5.75 Å². The van der Waals surface area contributed by atoms with Gasteiger partial charge in [0.05, 0.1) is 14.2 Å². The van der Waals surface area contributed by atoms with Crippen LogP contribution in [0.3, 0.4) is 0 Å². The van der Waals surface area contributed by atoms with Crippen LogP contribution in [0, 0.1) is 0 Å². The largest absolute Gasteiger partial charge is 0.496 e. The summed E-state index contributed by atoms with van der Waals surface area (Å²) in [4.78, 5) is 13.1. The van der Waals surface area contributed by atoms with Gasteiger partial charge in [0.1, 0.15) is 5.75 Å². The van der Waals surface area contributed by atoms with Gasteiger partial charge in [0, 0.05) is 24.7 Å². The lowest BCUT2D eigenvalue weighted by Gasteiger charge is -2.26. The zero-order valence-corrected chi connectivity index (χ0v) is 14.7. The molecule has 1 amide bonds. The fourth-order valence-electron chi connectivity index (χ4n) is 1.85. The number of ether oxygens (including phenoxy) is 2. The van der Waals surface area contributed by atoms with Crippen LogP contribution in [-0.4, -0.2) is 45.3 Å². The number of amides is 1. The molecule has 0 unspecified atom stereocenters. The van der Waals surface area contributed by atoms with Crippen molar-refractivity contribution >= 4 is 6.09 Å². The lowest BCUT2D eigenvalue weighted by atomic mass is 10.1. The number of para-hydroxylation sites is 1. The van der Waals surface area contributed by atoms with Crippen LogP contribution in [0.5, 0.6) is 5.75 Å². The smallest absolute Gasteiger partial charge is 0.406 e. The predicted molar refractivity (Wildman–Crippen MR) is 90.4 cm³/mol. The van der Waals surface area contributed by atoms with E-state index in [0.717, 1.165) is 17.9 Å². The first-order chi connectivity index (χ1) is 10.5. The molecule has 0 radical (unpaired) electrons. The first-order valence-electron chi connectivity index (χ1n) is 7.66. The number of benzene rings is 1. The molecular formula is C17H30N2O3. The van der Waals surface area contributed by atoms with Crippen LogP contribution >= 0.6 is 0 Å². The van der Waals surface area contributed by atoms with Crippen LogP contribution < -0.4 is 10.1 Å². The molecule has 0 aromatic heterocycles. The van der Waals surface area contributed by atoms with Crippen molar-refractivity contribution in [2.75, 3.05) is 34.4 Å². The Morgan fingerprint density at radius 3 is 2.41 bits per heavy atom. The molecule has 0 aliphatic heterocycles. The number of methoxy groups -OCH3 is 2. The van der Waals surface area contributed by atoms with Crippen molar-refractivity contribution in [1.82, 2.24) is 10.2 Å². The molecular weight excluding hydrogens is 280 g/mol. The third-order valence-electron chi connectivity index (χ3n) is 3.17. The van der Waals surface area contributed by atoms with Crippen molar-refractivity contribution in [2.24, 2.45) is 0 Å². The first-order valence-corrected chi connectivity index (χ1v) is 7.66. The standard InChI is InChI=1S/C14H22N2O3.C3H8/c1-11(12-7-5-6-8-13(12)18-3)16(2)10-9-15-14(17)19-4;1-3-2/h5-8,11H,9-10H2,1-4H3,(H,15,17);3H2,1-2H3/t11-;/m0./s1. The maximum absolute atomic E-state index is 11.0. The van der Waals surface area contributed by atoms with E-state index in [4.69, 9.17) is 4.74 Å². The Morgan fingerprint density at radius 2 is 1.86 bits per heavy atom. The molecule has 1 aromatic carbocycles. The Labute approximate surface area is 134 Å². The molecule has 1 rings (SSSR count). The number of rotatable bonds is 6. The highest BCUT2D eigenvalue weighted by Gasteiger charge is 2.15. The minimum Gasteiger partial charge on any atom is -0.496 e. The molecule has 126 valence electrons. The third-order valence-corrected chi connectivity index (χ3v) is 3.17. The maximum atomic E-state index is 11.0. The summed E-state index contributed by atoms with van der Waals surface area (Å²) in [6, 6.07) is 8.15. The van der Waals surface area contributed by atoms with E-state index in [1.165, 1.54) is 13.5 Å². The monoisotopic (exact) mass is 310 g/mol. The van der Waals surface area contributed by atoms with Gasteiger partial charge in [-0.25, -0.2) is 4.79 Å². The van der Waals surface area contributed by atoms with E-state index in [1.807, 2.05) is 31.3 Å². The van der Waals surface area contributed by atoms with Crippen LogP contribution in [0.4, 0.5) is 4.79 Å². The number of hydrogen-bond donors (Lipinski definition) is 1. The fraction of sp³-hybridized carbons (Fsp3) is 0.588. The average molecular weight is 310 g/mol. The highest BCUT2D eigenvalue weighted by atomic mass is 16.5. The Morgan fingerprint density at radius 1 is 1.27 bits per heavy atom. The summed E-state index contributed by atoms with van der Waals surface area (Å²) in [7, 11) is 5.04. The first kappa shape index (κ1) is 20.2. The Balaban J connectivity index is 0.00000135.